The number of nitrogens with one attached hydrogen (secondary N) is 1. The van der Waals surface area contributed by atoms with Crippen molar-refractivity contribution in [3.8, 4) is 0 Å². The lowest BCUT2D eigenvalue weighted by atomic mass is 9.89. The van der Waals surface area contributed by atoms with Crippen molar-refractivity contribution in [1.29, 1.82) is 0 Å². The van der Waals surface area contributed by atoms with Gasteiger partial charge in [-0.1, -0.05) is 55.1 Å². The average Bonchev–Trinajstić information content (AvgIpc) is 3.31. The van der Waals surface area contributed by atoms with Crippen LogP contribution in [0.4, 0.5) is 11.8 Å². The number of aryl methyl sites for hydroxylation is 1. The molecule has 2 saturated heterocycles. The number of carbonyl (C=O) groups excluding carboxylic acids is 1. The number of carbonyl (C=O) groups is 1. The topological polar surface area (TPSA) is 84.4 Å². The van der Waals surface area contributed by atoms with Crippen molar-refractivity contribution >= 4 is 40.5 Å². The Morgan fingerprint density at radius 1 is 1.16 bits per heavy atom. The molecule has 2 atom stereocenters. The molecule has 3 aliphatic rings. The Kier molecular flexibility index (Phi) is 8.41. The maximum absolute atomic E-state index is 12.9. The van der Waals surface area contributed by atoms with Crippen molar-refractivity contribution in [3.05, 3.63) is 77.5 Å². The Balaban J connectivity index is 1.31. The highest BCUT2D eigenvalue weighted by Crippen LogP contribution is 2.35. The molecule has 2 fully saturated rings. The molecule has 9 heteroatoms. The average molecular weight is 552 g/mol. The molecule has 5 rings (SSSR count). The first-order valence-electron chi connectivity index (χ1n) is 13.2. The monoisotopic (exact) mass is 551 g/mol. The standard InChI is InChI=1S/C29H34ClN5O2S/c1-3-5-20(4-2)18-35-19-24(10-11-26(35)36)31-28-27-25(14-17-38(27)37)32-29(33-28)34-15-12-22(13-16-34)21-6-8-23(30)9-7-21/h3-9,22,24H,1-2,10-19H2,(H,31,32,33)/b20-5+/t24-,38?/m0/s1. The van der Waals surface area contributed by atoms with Crippen LogP contribution < -0.4 is 10.2 Å². The van der Waals surface area contributed by atoms with Crippen molar-refractivity contribution in [2.75, 3.05) is 42.1 Å². The van der Waals surface area contributed by atoms with E-state index in [-0.39, 0.29) is 11.9 Å². The van der Waals surface area contributed by atoms with Gasteiger partial charge in [-0.25, -0.2) is 4.98 Å². The lowest BCUT2D eigenvalue weighted by Crippen LogP contribution is -2.46. The van der Waals surface area contributed by atoms with E-state index in [0.29, 0.717) is 55.8 Å². The minimum absolute atomic E-state index is 0.0163. The number of likely N-dealkylation sites (tertiary alicyclic amines) is 1. The van der Waals surface area contributed by atoms with E-state index in [4.69, 9.17) is 21.6 Å². The summed E-state index contributed by atoms with van der Waals surface area (Å²) in [5.74, 6) is 2.55. The normalized spacial score (nSPS) is 22.4. The lowest BCUT2D eigenvalue weighted by molar-refractivity contribution is -0.133. The summed E-state index contributed by atoms with van der Waals surface area (Å²) in [4.78, 5) is 27.2. The van der Waals surface area contributed by atoms with Crippen molar-refractivity contribution < 1.29 is 9.35 Å². The van der Waals surface area contributed by atoms with Gasteiger partial charge < -0.3 is 19.7 Å². The maximum atomic E-state index is 12.9. The number of halogens is 1. The second-order valence-corrected chi connectivity index (χ2v) is 12.0. The molecule has 1 amide bonds. The van der Waals surface area contributed by atoms with E-state index in [1.807, 2.05) is 23.1 Å². The quantitative estimate of drug-likeness (QED) is 0.372. The van der Waals surface area contributed by atoms with Crippen molar-refractivity contribution in [1.82, 2.24) is 14.9 Å². The van der Waals surface area contributed by atoms with E-state index in [1.165, 1.54) is 5.56 Å². The summed E-state index contributed by atoms with van der Waals surface area (Å²) < 4.78 is 12.9. The summed E-state index contributed by atoms with van der Waals surface area (Å²) in [6, 6.07) is 8.17. The predicted octanol–water partition coefficient (Wildman–Crippen LogP) is 4.88. The van der Waals surface area contributed by atoms with Crippen molar-refractivity contribution in [2.24, 2.45) is 0 Å². The van der Waals surface area contributed by atoms with Crippen LogP contribution in [0.5, 0.6) is 0 Å². The molecule has 0 aliphatic carbocycles. The number of hydrogen-bond donors (Lipinski definition) is 1. The summed E-state index contributed by atoms with van der Waals surface area (Å²) in [7, 11) is 0. The van der Waals surface area contributed by atoms with Gasteiger partial charge in [-0.05, 0) is 59.6 Å². The minimum Gasteiger partial charge on any atom is -0.611 e. The smallest absolute Gasteiger partial charge is 0.227 e. The third-order valence-corrected chi connectivity index (χ3v) is 9.31. The van der Waals surface area contributed by atoms with Crippen molar-refractivity contribution in [2.45, 2.75) is 49.0 Å². The summed E-state index contributed by atoms with van der Waals surface area (Å²) >= 11 is 4.95. The molecule has 1 N–H and O–H groups in total. The molecule has 7 nitrogen and oxygen atoms in total. The number of rotatable bonds is 8. The number of allylic oxidation sites excluding steroid dienone is 2. The number of piperidine rings is 2. The van der Waals surface area contributed by atoms with Gasteiger partial charge in [-0.3, -0.25) is 4.79 Å². The van der Waals surface area contributed by atoms with Crippen LogP contribution in [0.25, 0.3) is 0 Å². The fourth-order valence-corrected chi connectivity index (χ4v) is 6.95. The molecule has 1 unspecified atom stereocenters. The van der Waals surface area contributed by atoms with Crippen LogP contribution >= 0.6 is 11.6 Å². The van der Waals surface area contributed by atoms with E-state index in [1.54, 1.807) is 12.2 Å². The molecular formula is C29H34ClN5O2S. The third kappa shape index (κ3) is 5.92. The Morgan fingerprint density at radius 2 is 1.92 bits per heavy atom. The fraction of sp³-hybridized carbons (Fsp3) is 0.414. The molecule has 0 saturated carbocycles. The Morgan fingerprint density at radius 3 is 2.63 bits per heavy atom. The van der Waals surface area contributed by atoms with Gasteiger partial charge in [-0.2, -0.15) is 4.98 Å². The van der Waals surface area contributed by atoms with E-state index in [2.05, 4.69) is 35.5 Å². The molecule has 0 spiro atoms. The van der Waals surface area contributed by atoms with E-state index >= 15 is 0 Å². The summed E-state index contributed by atoms with van der Waals surface area (Å²) in [5.41, 5.74) is 3.14. The third-order valence-electron chi connectivity index (χ3n) is 7.60. The first-order chi connectivity index (χ1) is 18.4. The highest BCUT2D eigenvalue weighted by molar-refractivity contribution is 7.91. The molecule has 0 radical (unpaired) electrons. The number of amides is 1. The highest BCUT2D eigenvalue weighted by Gasteiger charge is 2.35. The van der Waals surface area contributed by atoms with Crippen molar-refractivity contribution in [3.63, 3.8) is 0 Å². The van der Waals surface area contributed by atoms with Gasteiger partial charge in [0.05, 0.1) is 0 Å². The van der Waals surface area contributed by atoms with Gasteiger partial charge in [0, 0.05) is 50.1 Å². The first kappa shape index (κ1) is 26.8. The van der Waals surface area contributed by atoms with Gasteiger partial charge in [0.25, 0.3) is 0 Å². The number of benzene rings is 1. The zero-order valence-electron chi connectivity index (χ0n) is 21.6. The van der Waals surface area contributed by atoms with Gasteiger partial charge in [0.2, 0.25) is 16.8 Å². The summed E-state index contributed by atoms with van der Waals surface area (Å²) in [6.07, 6.45) is 9.22. The highest BCUT2D eigenvalue weighted by atomic mass is 35.5. The van der Waals surface area contributed by atoms with Crippen LogP contribution in [-0.2, 0) is 22.4 Å². The predicted molar refractivity (Wildman–Crippen MR) is 154 cm³/mol. The van der Waals surface area contributed by atoms with Crippen LogP contribution in [0.15, 0.2) is 66.1 Å². The molecule has 200 valence electrons. The van der Waals surface area contributed by atoms with Gasteiger partial charge in [0.1, 0.15) is 11.4 Å². The molecule has 1 aromatic carbocycles. The van der Waals surface area contributed by atoms with Gasteiger partial charge in [0.15, 0.2) is 5.82 Å². The molecule has 3 aliphatic heterocycles. The second-order valence-electron chi connectivity index (χ2n) is 10.1. The van der Waals surface area contributed by atoms with E-state index in [9.17, 15) is 9.35 Å². The van der Waals surface area contributed by atoms with E-state index in [0.717, 1.165) is 47.1 Å². The van der Waals surface area contributed by atoms with Crippen LogP contribution in [0.2, 0.25) is 5.02 Å². The Labute approximate surface area is 232 Å². The second kappa shape index (κ2) is 11.9. The SMILES string of the molecule is C=C/C=C(\C=C)CN1C[C@@H](Nc2nc(N3CCC(c4ccc(Cl)cc4)CC3)nc3c2[S+]([O-])CC3)CCC1=O. The molecule has 4 heterocycles. The largest absolute Gasteiger partial charge is 0.611 e. The van der Waals surface area contributed by atoms with E-state index < -0.39 is 11.2 Å². The maximum Gasteiger partial charge on any atom is 0.227 e. The first-order valence-corrected chi connectivity index (χ1v) is 14.9. The Hall–Kier alpha value is -2.81. The lowest BCUT2D eigenvalue weighted by Gasteiger charge is -2.34. The van der Waals surface area contributed by atoms with Crippen LogP contribution in [0.1, 0.15) is 42.9 Å². The number of nitrogens with zero attached hydrogens (tertiary/aromatic N) is 4. The number of anilines is 2. The summed E-state index contributed by atoms with van der Waals surface area (Å²) in [6.45, 7) is 10.4. The molecule has 38 heavy (non-hydrogen) atoms. The fourth-order valence-electron chi connectivity index (χ4n) is 5.51. The molecular weight excluding hydrogens is 518 g/mol. The molecule has 0 bridgehead atoms. The summed E-state index contributed by atoms with van der Waals surface area (Å²) in [5, 5.41) is 4.32. The molecule has 1 aromatic heterocycles. The zero-order chi connectivity index (χ0) is 26.6. The van der Waals surface area contributed by atoms with Crippen LogP contribution in [0, 0.1) is 0 Å². The van der Waals surface area contributed by atoms with Crippen LogP contribution in [0.3, 0.4) is 0 Å². The number of fused-ring (bicyclic) bond motifs is 1. The number of hydrogen-bond acceptors (Lipinski definition) is 6. The minimum atomic E-state index is -1.12. The Bertz CT molecular complexity index is 1230. The molecule has 2 aromatic rings. The number of aromatic nitrogens is 2. The van der Waals surface area contributed by atoms with Crippen LogP contribution in [-0.4, -0.2) is 63.3 Å². The van der Waals surface area contributed by atoms with Gasteiger partial charge >= 0.3 is 0 Å². The van der Waals surface area contributed by atoms with Gasteiger partial charge in [-0.15, -0.1) is 0 Å². The zero-order valence-corrected chi connectivity index (χ0v) is 23.1.